The fourth-order valence-corrected chi connectivity index (χ4v) is 3.21. The molecule has 0 aliphatic rings. The van der Waals surface area contributed by atoms with Crippen LogP contribution in [0.4, 0.5) is 21.5 Å². The van der Waals surface area contributed by atoms with Crippen LogP contribution < -0.4 is 4.90 Å². The van der Waals surface area contributed by atoms with Gasteiger partial charge < -0.3 is 9.64 Å². The maximum atomic E-state index is 14.5. The van der Waals surface area contributed by atoms with Crippen LogP contribution in [0, 0.1) is 17.7 Å². The van der Waals surface area contributed by atoms with Crippen LogP contribution in [0.2, 0.25) is 0 Å². The molecule has 0 atom stereocenters. The van der Waals surface area contributed by atoms with Crippen LogP contribution >= 0.6 is 0 Å². The summed E-state index contributed by atoms with van der Waals surface area (Å²) in [6, 6.07) is 19.0. The first kappa shape index (κ1) is 25.6. The van der Waals surface area contributed by atoms with Gasteiger partial charge in [-0.05, 0) is 73.2 Å². The molecule has 0 N–H and O–H groups in total. The zero-order chi connectivity index (χ0) is 25.0. The lowest BCUT2D eigenvalue weighted by molar-refractivity contribution is 0.0498. The smallest absolute Gasteiger partial charge is 0.338 e. The fraction of sp³-hybridized carbons (Fsp3) is 0.276. The number of ether oxygens (including phenoxy) is 1. The molecule has 0 saturated carbocycles. The van der Waals surface area contributed by atoms with Gasteiger partial charge in [-0.3, -0.25) is 0 Å². The van der Waals surface area contributed by atoms with Crippen molar-refractivity contribution in [3.05, 3.63) is 89.2 Å². The van der Waals surface area contributed by atoms with Crippen molar-refractivity contribution in [2.75, 3.05) is 25.6 Å². The van der Waals surface area contributed by atoms with E-state index < -0.39 is 5.82 Å². The summed E-state index contributed by atoms with van der Waals surface area (Å²) in [6.07, 6.45) is 4.23. The Morgan fingerprint density at radius 2 is 1.57 bits per heavy atom. The zero-order valence-corrected chi connectivity index (χ0v) is 20.4. The van der Waals surface area contributed by atoms with Crippen LogP contribution in [-0.2, 0) is 4.74 Å². The van der Waals surface area contributed by atoms with Crippen LogP contribution in [0.15, 0.2) is 77.0 Å². The van der Waals surface area contributed by atoms with Gasteiger partial charge in [-0.1, -0.05) is 38.0 Å². The van der Waals surface area contributed by atoms with E-state index in [0.29, 0.717) is 23.4 Å². The van der Waals surface area contributed by atoms with E-state index in [1.54, 1.807) is 36.4 Å². The van der Waals surface area contributed by atoms with Crippen LogP contribution in [0.5, 0.6) is 0 Å². The molecule has 0 spiro atoms. The molecule has 0 heterocycles. The van der Waals surface area contributed by atoms with E-state index in [1.165, 1.54) is 6.07 Å². The minimum absolute atomic E-state index is 0.143. The zero-order valence-electron chi connectivity index (χ0n) is 20.4. The molecule has 3 aromatic carbocycles. The molecular formula is C29H30FN3O2. The third-order valence-corrected chi connectivity index (χ3v) is 5.29. The Bertz CT molecular complexity index is 1210. The SMILES string of the molecule is CCCCCCOC(=O)c1ccc(C#Cc2ccc(N=Nc3ccc(N(C)C)cc3)c(F)c2)cc1. The molecule has 0 aromatic heterocycles. The standard InChI is InChI=1S/C29H30FN3O2/c1-4-5-6-7-20-35-29(34)24-13-10-22(11-14-24)8-9-23-12-19-28(27(30)21-23)32-31-25-15-17-26(18-16-25)33(2)3/h10-19,21H,4-7,20H2,1-3H3. The Morgan fingerprint density at radius 1 is 0.886 bits per heavy atom. The molecule has 0 aliphatic heterocycles. The number of rotatable bonds is 9. The average Bonchev–Trinajstić information content (AvgIpc) is 2.87. The van der Waals surface area contributed by atoms with Crippen molar-refractivity contribution < 1.29 is 13.9 Å². The number of carbonyl (C=O) groups is 1. The number of nitrogens with zero attached hydrogens (tertiary/aromatic N) is 3. The number of esters is 1. The van der Waals surface area contributed by atoms with Gasteiger partial charge in [0.05, 0.1) is 17.9 Å². The summed E-state index contributed by atoms with van der Waals surface area (Å²) in [4.78, 5) is 14.1. The van der Waals surface area contributed by atoms with Gasteiger partial charge in [0.15, 0.2) is 5.82 Å². The van der Waals surface area contributed by atoms with Crippen molar-refractivity contribution in [3.63, 3.8) is 0 Å². The third kappa shape index (κ3) is 8.08. The van der Waals surface area contributed by atoms with Gasteiger partial charge in [-0.25, -0.2) is 9.18 Å². The Balaban J connectivity index is 1.58. The topological polar surface area (TPSA) is 54.3 Å². The summed E-state index contributed by atoms with van der Waals surface area (Å²) in [7, 11) is 3.91. The van der Waals surface area contributed by atoms with Gasteiger partial charge >= 0.3 is 5.97 Å². The van der Waals surface area contributed by atoms with Crippen molar-refractivity contribution in [2.24, 2.45) is 10.2 Å². The van der Waals surface area contributed by atoms with Gasteiger partial charge in [0, 0.05) is 30.9 Å². The summed E-state index contributed by atoms with van der Waals surface area (Å²) in [5.74, 6) is 5.09. The van der Waals surface area contributed by atoms with E-state index in [1.807, 2.05) is 43.3 Å². The highest BCUT2D eigenvalue weighted by Crippen LogP contribution is 2.24. The van der Waals surface area contributed by atoms with Crippen LogP contribution in [0.25, 0.3) is 0 Å². The molecule has 5 nitrogen and oxygen atoms in total. The summed E-state index contributed by atoms with van der Waals surface area (Å²) < 4.78 is 19.8. The highest BCUT2D eigenvalue weighted by atomic mass is 19.1. The quantitative estimate of drug-likeness (QED) is 0.141. The van der Waals surface area contributed by atoms with Crippen LogP contribution in [-0.4, -0.2) is 26.7 Å². The molecule has 0 fully saturated rings. The van der Waals surface area contributed by atoms with Crippen molar-refractivity contribution in [3.8, 4) is 11.8 Å². The molecule has 0 unspecified atom stereocenters. The lowest BCUT2D eigenvalue weighted by atomic mass is 10.1. The predicted molar refractivity (Wildman–Crippen MR) is 138 cm³/mol. The van der Waals surface area contributed by atoms with E-state index in [9.17, 15) is 9.18 Å². The highest BCUT2D eigenvalue weighted by Gasteiger charge is 2.06. The number of carbonyl (C=O) groups excluding carboxylic acids is 1. The summed E-state index contributed by atoms with van der Waals surface area (Å²) >= 11 is 0. The molecule has 0 aliphatic carbocycles. The predicted octanol–water partition coefficient (Wildman–Crippen LogP) is 7.44. The lowest BCUT2D eigenvalue weighted by Gasteiger charge is -2.11. The van der Waals surface area contributed by atoms with E-state index in [4.69, 9.17) is 4.74 Å². The van der Waals surface area contributed by atoms with E-state index in [2.05, 4.69) is 29.0 Å². The number of halogens is 1. The lowest BCUT2D eigenvalue weighted by Crippen LogP contribution is -2.07. The van der Waals surface area contributed by atoms with Crippen molar-refractivity contribution >= 4 is 23.0 Å². The molecule has 180 valence electrons. The number of azo groups is 1. The molecular weight excluding hydrogens is 441 g/mol. The highest BCUT2D eigenvalue weighted by molar-refractivity contribution is 5.89. The van der Waals surface area contributed by atoms with Crippen molar-refractivity contribution in [1.82, 2.24) is 0 Å². The van der Waals surface area contributed by atoms with Gasteiger partial charge in [0.1, 0.15) is 5.69 Å². The Morgan fingerprint density at radius 3 is 2.23 bits per heavy atom. The Hall–Kier alpha value is -3.98. The maximum absolute atomic E-state index is 14.5. The molecule has 3 rings (SSSR count). The molecule has 0 saturated heterocycles. The van der Waals surface area contributed by atoms with E-state index in [0.717, 1.165) is 36.9 Å². The molecule has 3 aromatic rings. The monoisotopic (exact) mass is 471 g/mol. The number of benzene rings is 3. The van der Waals surface area contributed by atoms with Gasteiger partial charge in [-0.2, -0.15) is 5.11 Å². The first-order chi connectivity index (χ1) is 17.0. The van der Waals surface area contributed by atoms with E-state index >= 15 is 0 Å². The number of anilines is 1. The third-order valence-electron chi connectivity index (χ3n) is 5.29. The molecule has 0 amide bonds. The first-order valence-corrected chi connectivity index (χ1v) is 11.7. The summed E-state index contributed by atoms with van der Waals surface area (Å²) in [6.45, 7) is 2.58. The molecule has 35 heavy (non-hydrogen) atoms. The van der Waals surface area contributed by atoms with E-state index in [-0.39, 0.29) is 11.7 Å². The molecule has 0 bridgehead atoms. The van der Waals surface area contributed by atoms with Gasteiger partial charge in [-0.15, -0.1) is 5.11 Å². The van der Waals surface area contributed by atoms with Crippen molar-refractivity contribution in [1.29, 1.82) is 0 Å². The number of hydrogen-bond acceptors (Lipinski definition) is 5. The minimum Gasteiger partial charge on any atom is -0.462 e. The van der Waals surface area contributed by atoms with Crippen LogP contribution in [0.1, 0.15) is 54.1 Å². The molecule has 6 heteroatoms. The van der Waals surface area contributed by atoms with Crippen molar-refractivity contribution in [2.45, 2.75) is 32.6 Å². The second-order valence-corrected chi connectivity index (χ2v) is 8.30. The largest absolute Gasteiger partial charge is 0.462 e. The van der Waals surface area contributed by atoms with Gasteiger partial charge in [0.2, 0.25) is 0 Å². The average molecular weight is 472 g/mol. The number of unbranched alkanes of at least 4 members (excludes halogenated alkanes) is 3. The Labute approximate surface area is 206 Å². The molecule has 0 radical (unpaired) electrons. The number of hydrogen-bond donors (Lipinski definition) is 0. The van der Waals surface area contributed by atoms with Crippen LogP contribution in [0.3, 0.4) is 0 Å². The second kappa shape index (κ2) is 13.0. The minimum atomic E-state index is -0.498. The normalized spacial score (nSPS) is 10.6. The maximum Gasteiger partial charge on any atom is 0.338 e. The fourth-order valence-electron chi connectivity index (χ4n) is 3.21. The summed E-state index contributed by atoms with van der Waals surface area (Å²) in [5, 5.41) is 8.12. The van der Waals surface area contributed by atoms with Gasteiger partial charge in [0.25, 0.3) is 0 Å². The Kier molecular flexibility index (Phi) is 9.56. The summed E-state index contributed by atoms with van der Waals surface area (Å²) in [5.41, 5.74) is 3.56. The second-order valence-electron chi connectivity index (χ2n) is 8.30. The first-order valence-electron chi connectivity index (χ1n) is 11.7.